The average molecular weight is 1450 g/mol. The van der Waals surface area contributed by atoms with Crippen molar-refractivity contribution >= 4 is 118 Å². The Hall–Kier alpha value is -11.4. The van der Waals surface area contributed by atoms with Crippen molar-refractivity contribution < 1.29 is 32.3 Å². The molecule has 15 rings (SSSR count). The SMILES string of the molecule is CCc1ccc2cc(Cc3cc(C(=O)NCc4cc5c(Cl)c[nH]c5cc4F)ccn3)ccc2n1.CCc1ccc2cc(Cc3cc(C(=O)NCc4cc5c(Cl)c[nH]c5cc4F)ccn3)ccc2n1.CCc1ccc2cc(Cc3cc(C(=O)OC)ccn3)ccc2n1.NCc1cc2c(Cl)c[nH]c2cc1F. The van der Waals surface area contributed by atoms with Crippen LogP contribution in [-0.2, 0) is 62.9 Å². The number of aryl methyl sites for hydroxylation is 3. The van der Waals surface area contributed by atoms with Crippen molar-refractivity contribution in [1.29, 1.82) is 0 Å². The summed E-state index contributed by atoms with van der Waals surface area (Å²) in [7, 11) is 1.38. The van der Waals surface area contributed by atoms with Gasteiger partial charge < -0.3 is 36.1 Å². The van der Waals surface area contributed by atoms with Crippen LogP contribution >= 0.6 is 34.8 Å². The summed E-state index contributed by atoms with van der Waals surface area (Å²) in [6.07, 6.45) is 14.3. The maximum Gasteiger partial charge on any atom is 0.337 e. The quantitative estimate of drug-likeness (QED) is 0.0469. The number of carbonyl (C=O) groups is 3. The number of ether oxygens (including phenoxy) is 1. The molecule has 0 unspecified atom stereocenters. The predicted molar refractivity (Wildman–Crippen MR) is 406 cm³/mol. The van der Waals surface area contributed by atoms with E-state index in [1.807, 2.05) is 42.5 Å². The van der Waals surface area contributed by atoms with Crippen LogP contribution in [0.3, 0.4) is 0 Å². The second-order valence-electron chi connectivity index (χ2n) is 24.6. The molecule has 15 aromatic rings. The van der Waals surface area contributed by atoms with E-state index in [0.29, 0.717) is 84.3 Å². The Labute approximate surface area is 611 Å². The van der Waals surface area contributed by atoms with Crippen LogP contribution in [-0.4, -0.2) is 69.7 Å². The fraction of sp³-hybridized carbons (Fsp3) is 0.159. The molecule has 0 saturated heterocycles. The molecule has 0 fully saturated rings. The van der Waals surface area contributed by atoms with Crippen molar-refractivity contribution in [3.05, 3.63) is 318 Å². The summed E-state index contributed by atoms with van der Waals surface area (Å²) in [6.45, 7) is 6.56. The van der Waals surface area contributed by atoms with E-state index >= 15 is 0 Å². The van der Waals surface area contributed by atoms with Gasteiger partial charge in [0.2, 0.25) is 0 Å². The first-order valence-corrected chi connectivity index (χ1v) is 34.7. The largest absolute Gasteiger partial charge is 0.465 e. The van der Waals surface area contributed by atoms with Crippen LogP contribution < -0.4 is 16.4 Å². The molecule has 0 spiro atoms. The van der Waals surface area contributed by atoms with Gasteiger partial charge in [0.1, 0.15) is 17.5 Å². The maximum absolute atomic E-state index is 14.4. The van der Waals surface area contributed by atoms with Crippen LogP contribution in [0.1, 0.15) is 119 Å². The van der Waals surface area contributed by atoms with Gasteiger partial charge in [-0.2, -0.15) is 0 Å². The molecule has 9 aromatic heterocycles. The van der Waals surface area contributed by atoms with Crippen LogP contribution in [0, 0.1) is 17.5 Å². The van der Waals surface area contributed by atoms with E-state index in [1.165, 1.54) is 25.3 Å². The van der Waals surface area contributed by atoms with E-state index in [1.54, 1.807) is 91.8 Å². The van der Waals surface area contributed by atoms with Gasteiger partial charge in [0.25, 0.3) is 11.8 Å². The zero-order valence-electron chi connectivity index (χ0n) is 57.1. The fourth-order valence-electron chi connectivity index (χ4n) is 11.9. The predicted octanol–water partition coefficient (Wildman–Crippen LogP) is 18.0. The zero-order valence-corrected chi connectivity index (χ0v) is 59.3. The summed E-state index contributed by atoms with van der Waals surface area (Å²) in [4.78, 5) is 72.9. The molecule has 22 heteroatoms. The topological polar surface area (TPSA) is 235 Å². The van der Waals surface area contributed by atoms with E-state index in [2.05, 4.69) is 125 Å². The number of carbonyl (C=O) groups excluding carboxylic acids is 3. The number of hydrogen-bond donors (Lipinski definition) is 6. The molecular formula is C82H70Cl3F3N12O4. The number of H-pyrrole nitrogens is 3. The number of hydrogen-bond acceptors (Lipinski definition) is 11. The molecule has 0 aliphatic carbocycles. The third kappa shape index (κ3) is 17.6. The first-order chi connectivity index (χ1) is 50.4. The number of methoxy groups -OCH3 is 1. The summed E-state index contributed by atoms with van der Waals surface area (Å²) >= 11 is 18.1. The molecule has 0 radical (unpaired) electrons. The number of nitrogens with one attached hydrogen (secondary N) is 5. The number of esters is 1. The van der Waals surface area contributed by atoms with Crippen LogP contribution in [0.5, 0.6) is 0 Å². The van der Waals surface area contributed by atoms with E-state index in [9.17, 15) is 27.6 Å². The lowest BCUT2D eigenvalue weighted by molar-refractivity contribution is 0.0600. The molecule has 0 bridgehead atoms. The average Bonchev–Trinajstić information content (AvgIpc) is 1.30. The van der Waals surface area contributed by atoms with Gasteiger partial charge in [-0.15, -0.1) is 0 Å². The second kappa shape index (κ2) is 33.2. The number of aromatic nitrogens is 9. The van der Waals surface area contributed by atoms with Gasteiger partial charge >= 0.3 is 5.97 Å². The lowest BCUT2D eigenvalue weighted by Crippen LogP contribution is -2.23. The van der Waals surface area contributed by atoms with Crippen molar-refractivity contribution in [3.8, 4) is 0 Å². The first-order valence-electron chi connectivity index (χ1n) is 33.6. The minimum Gasteiger partial charge on any atom is -0.465 e. The zero-order chi connectivity index (χ0) is 73.0. The van der Waals surface area contributed by atoms with Gasteiger partial charge in [-0.25, -0.2) is 18.0 Å². The minimum absolute atomic E-state index is 0.0528. The van der Waals surface area contributed by atoms with E-state index < -0.39 is 11.6 Å². The summed E-state index contributed by atoms with van der Waals surface area (Å²) in [5, 5.41) is 12.7. The number of benzene rings is 6. The molecule has 9 heterocycles. The molecule has 7 N–H and O–H groups in total. The van der Waals surface area contributed by atoms with Gasteiger partial charge in [0.05, 0.1) is 44.3 Å². The highest BCUT2D eigenvalue weighted by molar-refractivity contribution is 6.36. The summed E-state index contributed by atoms with van der Waals surface area (Å²) in [5.74, 6) is -2.04. The highest BCUT2D eigenvalue weighted by atomic mass is 35.5. The lowest BCUT2D eigenvalue weighted by Gasteiger charge is -2.09. The Bertz CT molecular complexity index is 5460. The molecule has 2 amide bonds. The number of halogens is 6. The van der Waals surface area contributed by atoms with Crippen molar-refractivity contribution in [3.63, 3.8) is 0 Å². The third-order valence-corrected chi connectivity index (χ3v) is 18.5. The number of rotatable bonds is 17. The number of nitrogens with zero attached hydrogens (tertiary/aromatic N) is 6. The normalized spacial score (nSPS) is 11.1. The van der Waals surface area contributed by atoms with Crippen molar-refractivity contribution in [2.75, 3.05) is 7.11 Å². The van der Waals surface area contributed by atoms with E-state index in [-0.39, 0.29) is 43.2 Å². The Morgan fingerprint density at radius 3 is 1.11 bits per heavy atom. The molecule has 524 valence electrons. The molecule has 0 aliphatic rings. The van der Waals surface area contributed by atoms with Crippen LogP contribution in [0.4, 0.5) is 13.2 Å². The van der Waals surface area contributed by atoms with Crippen molar-refractivity contribution in [2.24, 2.45) is 5.73 Å². The Morgan fingerprint density at radius 2 is 0.760 bits per heavy atom. The molecule has 0 atom stereocenters. The van der Waals surface area contributed by atoms with Crippen LogP contribution in [0.25, 0.3) is 65.4 Å². The van der Waals surface area contributed by atoms with Gasteiger partial charge in [0, 0.05) is 187 Å². The Balaban J connectivity index is 0.000000137. The van der Waals surface area contributed by atoms with E-state index in [0.717, 1.165) is 119 Å². The van der Waals surface area contributed by atoms with Crippen LogP contribution in [0.15, 0.2) is 201 Å². The fourth-order valence-corrected chi connectivity index (χ4v) is 12.5. The van der Waals surface area contributed by atoms with Gasteiger partial charge in [-0.1, -0.05) is 92.0 Å². The molecule has 16 nitrogen and oxygen atoms in total. The molecule has 0 aliphatic heterocycles. The molecule has 0 saturated carbocycles. The van der Waals surface area contributed by atoms with Crippen molar-refractivity contribution in [1.82, 2.24) is 55.5 Å². The minimum atomic E-state index is -0.404. The van der Waals surface area contributed by atoms with Crippen molar-refractivity contribution in [2.45, 2.75) is 78.9 Å². The maximum atomic E-state index is 14.4. The highest BCUT2D eigenvalue weighted by Gasteiger charge is 2.17. The van der Waals surface area contributed by atoms with Gasteiger partial charge in [0.15, 0.2) is 0 Å². The standard InChI is InChI=1S/2C27H22ClFN4O.C19H18N2O2.C9H8ClFN2/c2*1-2-20-5-4-17-9-16(3-6-25(17)33-20)10-21-11-18(7-8-30-21)27(34)32-14-19-12-22-23(28)15-31-26(22)13-24(19)29;1-3-16-6-5-14-10-13(4-7-18(14)21-16)11-17-12-15(8-9-20-17)19(22)23-2;10-7-4-13-9-2-8(11)5(3-12)1-6(7)9/h2*3-9,11-13,15,31H,2,10,14H2,1H3,(H,32,34);4-10,12H,3,11H2,1-2H3;1-2,4,13H,3,12H2. The number of fused-ring (bicyclic) bond motifs is 6. The second-order valence-corrected chi connectivity index (χ2v) is 25.8. The monoisotopic (exact) mass is 1450 g/mol. The summed E-state index contributed by atoms with van der Waals surface area (Å²) in [5.41, 5.74) is 21.8. The summed E-state index contributed by atoms with van der Waals surface area (Å²) in [6, 6.07) is 50.3. The molecule has 6 aromatic carbocycles. The Morgan fingerprint density at radius 1 is 0.423 bits per heavy atom. The van der Waals surface area contributed by atoms with Gasteiger partial charge in [-0.3, -0.25) is 39.5 Å². The first kappa shape index (κ1) is 72.4. The highest BCUT2D eigenvalue weighted by Crippen LogP contribution is 2.30. The number of amides is 2. The number of nitrogens with two attached hydrogens (primary N) is 1. The molecular weight excluding hydrogens is 1380 g/mol. The van der Waals surface area contributed by atoms with Crippen LogP contribution in [0.2, 0.25) is 15.1 Å². The third-order valence-electron chi connectivity index (χ3n) is 17.6. The Kier molecular flexibility index (Phi) is 23.1. The molecule has 104 heavy (non-hydrogen) atoms. The number of aromatic amines is 3. The lowest BCUT2D eigenvalue weighted by atomic mass is 10.0. The smallest absolute Gasteiger partial charge is 0.337 e. The van der Waals surface area contributed by atoms with E-state index in [4.69, 9.17) is 45.3 Å². The van der Waals surface area contributed by atoms with Gasteiger partial charge in [-0.05, 0) is 163 Å². The number of pyridine rings is 6. The summed E-state index contributed by atoms with van der Waals surface area (Å²) < 4.78 is 46.8.